The Morgan fingerprint density at radius 3 is 2.10 bits per heavy atom. The van der Waals surface area contributed by atoms with Crippen LogP contribution in [-0.2, 0) is 14.1 Å². The topological polar surface area (TPSA) is 130 Å². The zero-order valence-corrected chi connectivity index (χ0v) is 10.4. The van der Waals surface area contributed by atoms with E-state index in [1.165, 1.54) is 14.1 Å². The van der Waals surface area contributed by atoms with Crippen molar-refractivity contribution in [1.29, 1.82) is 0 Å². The van der Waals surface area contributed by atoms with Gasteiger partial charge in [0, 0.05) is 20.2 Å². The number of nitrogens with zero attached hydrogens (tertiary/aromatic N) is 4. The Labute approximate surface area is 109 Å². The summed E-state index contributed by atoms with van der Waals surface area (Å²) in [6.45, 7) is 0. The Morgan fingerprint density at radius 1 is 1.00 bits per heavy atom. The van der Waals surface area contributed by atoms with Crippen LogP contribution in [0.2, 0.25) is 0 Å². The normalized spacial score (nSPS) is 10.7. The summed E-state index contributed by atoms with van der Waals surface area (Å²) in [5.41, 5.74) is -3.06. The minimum absolute atomic E-state index is 0.242. The Balaban J connectivity index is 3.18. The SMILES string of the molecule is Cn1c(=O)c2cc([N+](=O)[O-])cc([N+](=O)[O-])c2n(C)c1=O. The zero-order chi connectivity index (χ0) is 15.2. The van der Waals surface area contributed by atoms with Crippen LogP contribution in [0.4, 0.5) is 11.4 Å². The van der Waals surface area contributed by atoms with Crippen LogP contribution < -0.4 is 11.2 Å². The second-order valence-corrected chi connectivity index (χ2v) is 4.08. The second-order valence-electron chi connectivity index (χ2n) is 4.08. The molecule has 104 valence electrons. The lowest BCUT2D eigenvalue weighted by Crippen LogP contribution is -2.37. The molecule has 0 amide bonds. The Hall–Kier alpha value is -3.04. The first-order chi connectivity index (χ1) is 9.25. The predicted octanol–water partition coefficient (Wildman–Crippen LogP) is 0.0536. The lowest BCUT2D eigenvalue weighted by Gasteiger charge is -2.07. The van der Waals surface area contributed by atoms with E-state index in [1.54, 1.807) is 0 Å². The molecule has 0 aliphatic heterocycles. The molecule has 0 spiro atoms. The lowest BCUT2D eigenvalue weighted by molar-refractivity contribution is -0.393. The van der Waals surface area contributed by atoms with Crippen molar-refractivity contribution in [2.45, 2.75) is 0 Å². The minimum atomic E-state index is -0.867. The number of nitro groups is 2. The van der Waals surface area contributed by atoms with Gasteiger partial charge < -0.3 is 0 Å². The molecule has 0 atom stereocenters. The van der Waals surface area contributed by atoms with Gasteiger partial charge in [-0.2, -0.15) is 0 Å². The molecule has 2 rings (SSSR count). The van der Waals surface area contributed by atoms with E-state index >= 15 is 0 Å². The maximum absolute atomic E-state index is 12.0. The molecule has 0 saturated carbocycles. The number of aromatic nitrogens is 2. The Bertz CT molecular complexity index is 878. The molecule has 10 nitrogen and oxygen atoms in total. The van der Waals surface area contributed by atoms with Crippen molar-refractivity contribution < 1.29 is 9.85 Å². The fourth-order valence-corrected chi connectivity index (χ4v) is 1.95. The molecule has 20 heavy (non-hydrogen) atoms. The summed E-state index contributed by atoms with van der Waals surface area (Å²) in [5.74, 6) is 0. The maximum atomic E-state index is 12.0. The summed E-state index contributed by atoms with van der Waals surface area (Å²) in [5, 5.41) is 21.5. The number of nitro benzene ring substituents is 2. The summed E-state index contributed by atoms with van der Waals surface area (Å²) in [4.78, 5) is 43.8. The fourth-order valence-electron chi connectivity index (χ4n) is 1.95. The van der Waals surface area contributed by atoms with Gasteiger partial charge in [0.1, 0.15) is 5.52 Å². The maximum Gasteiger partial charge on any atom is 0.331 e. The summed E-state index contributed by atoms with van der Waals surface area (Å²) in [7, 11) is 2.44. The highest BCUT2D eigenvalue weighted by Crippen LogP contribution is 2.27. The van der Waals surface area contributed by atoms with E-state index in [0.717, 1.165) is 21.3 Å². The van der Waals surface area contributed by atoms with Crippen molar-refractivity contribution in [3.05, 3.63) is 53.2 Å². The van der Waals surface area contributed by atoms with Crippen LogP contribution in [0.1, 0.15) is 0 Å². The molecule has 0 saturated heterocycles. The van der Waals surface area contributed by atoms with Crippen LogP contribution >= 0.6 is 0 Å². The summed E-state index contributed by atoms with van der Waals surface area (Å²) in [6.07, 6.45) is 0. The average molecular weight is 280 g/mol. The van der Waals surface area contributed by atoms with Gasteiger partial charge in [0.2, 0.25) is 0 Å². The van der Waals surface area contributed by atoms with Crippen LogP contribution in [-0.4, -0.2) is 19.0 Å². The number of rotatable bonds is 2. The van der Waals surface area contributed by atoms with Crippen molar-refractivity contribution in [1.82, 2.24) is 9.13 Å². The van der Waals surface area contributed by atoms with Crippen molar-refractivity contribution in [2.24, 2.45) is 14.1 Å². The van der Waals surface area contributed by atoms with E-state index in [4.69, 9.17) is 0 Å². The average Bonchev–Trinajstić information content (AvgIpc) is 2.41. The van der Waals surface area contributed by atoms with Gasteiger partial charge in [-0.05, 0) is 0 Å². The van der Waals surface area contributed by atoms with Gasteiger partial charge in [-0.3, -0.25) is 34.2 Å². The number of non-ortho nitro benzene ring substituents is 2. The van der Waals surface area contributed by atoms with Crippen molar-refractivity contribution in [3.63, 3.8) is 0 Å². The molecule has 0 aliphatic rings. The first kappa shape index (κ1) is 13.4. The van der Waals surface area contributed by atoms with Crippen molar-refractivity contribution >= 4 is 22.3 Å². The fraction of sp³-hybridized carbons (Fsp3) is 0.200. The number of aryl methyl sites for hydroxylation is 1. The first-order valence-corrected chi connectivity index (χ1v) is 5.28. The van der Waals surface area contributed by atoms with Gasteiger partial charge in [-0.1, -0.05) is 0 Å². The largest absolute Gasteiger partial charge is 0.331 e. The highest BCUT2D eigenvalue weighted by Gasteiger charge is 2.24. The van der Waals surface area contributed by atoms with E-state index in [-0.39, 0.29) is 10.9 Å². The van der Waals surface area contributed by atoms with E-state index in [9.17, 15) is 29.8 Å². The quantitative estimate of drug-likeness (QED) is 0.564. The predicted molar refractivity (Wildman–Crippen MR) is 67.7 cm³/mol. The first-order valence-electron chi connectivity index (χ1n) is 5.28. The molecule has 2 aromatic rings. The van der Waals surface area contributed by atoms with Gasteiger partial charge in [-0.15, -0.1) is 0 Å². The van der Waals surface area contributed by atoms with Gasteiger partial charge >= 0.3 is 11.4 Å². The third-order valence-electron chi connectivity index (χ3n) is 2.93. The highest BCUT2D eigenvalue weighted by atomic mass is 16.6. The third kappa shape index (κ3) is 1.74. The molecule has 0 aliphatic carbocycles. The van der Waals surface area contributed by atoms with Gasteiger partial charge in [0.25, 0.3) is 11.2 Å². The Kier molecular flexibility index (Phi) is 2.85. The number of fused-ring (bicyclic) bond motifs is 1. The molecule has 10 heteroatoms. The van der Waals surface area contributed by atoms with E-state index in [1.807, 2.05) is 0 Å². The van der Waals surface area contributed by atoms with Crippen molar-refractivity contribution in [3.8, 4) is 0 Å². The molecular formula is C10H8N4O6. The number of hydrogen-bond acceptors (Lipinski definition) is 6. The second kappa shape index (κ2) is 4.26. The molecule has 0 fully saturated rings. The van der Waals surface area contributed by atoms with Gasteiger partial charge in [-0.25, -0.2) is 4.79 Å². The molecule has 1 aromatic heterocycles. The summed E-state index contributed by atoms with van der Waals surface area (Å²) < 4.78 is 1.65. The summed E-state index contributed by atoms with van der Waals surface area (Å²) in [6, 6.07) is 1.64. The highest BCUT2D eigenvalue weighted by molar-refractivity contribution is 5.89. The zero-order valence-electron chi connectivity index (χ0n) is 10.4. The number of benzene rings is 1. The lowest BCUT2D eigenvalue weighted by atomic mass is 10.2. The molecule has 0 N–H and O–H groups in total. The van der Waals surface area contributed by atoms with Crippen LogP contribution in [0.25, 0.3) is 10.9 Å². The standard InChI is InChI=1S/C10H8N4O6/c1-11-8-6(9(15)12(2)10(11)16)3-5(13(17)18)4-7(8)14(19)20/h3-4H,1-2H3. The van der Waals surface area contributed by atoms with E-state index < -0.39 is 32.5 Å². The summed E-state index contributed by atoms with van der Waals surface area (Å²) >= 11 is 0. The molecular weight excluding hydrogens is 272 g/mol. The molecule has 0 unspecified atom stereocenters. The number of hydrogen-bond donors (Lipinski definition) is 0. The Morgan fingerprint density at radius 2 is 1.60 bits per heavy atom. The van der Waals surface area contributed by atoms with E-state index in [2.05, 4.69) is 0 Å². The van der Waals surface area contributed by atoms with Crippen LogP contribution in [0.15, 0.2) is 21.7 Å². The molecule has 1 heterocycles. The monoisotopic (exact) mass is 280 g/mol. The molecule has 1 aromatic carbocycles. The van der Waals surface area contributed by atoms with Crippen molar-refractivity contribution in [2.75, 3.05) is 0 Å². The van der Waals surface area contributed by atoms with Gasteiger partial charge in [0.05, 0.1) is 21.3 Å². The minimum Gasteiger partial charge on any atom is -0.290 e. The molecule has 0 radical (unpaired) electrons. The van der Waals surface area contributed by atoms with Crippen LogP contribution in [0.5, 0.6) is 0 Å². The van der Waals surface area contributed by atoms with Gasteiger partial charge in [0.15, 0.2) is 0 Å². The third-order valence-corrected chi connectivity index (χ3v) is 2.93. The smallest absolute Gasteiger partial charge is 0.290 e. The van der Waals surface area contributed by atoms with E-state index in [0.29, 0.717) is 0 Å². The molecule has 0 bridgehead atoms. The van der Waals surface area contributed by atoms with Crippen LogP contribution in [0, 0.1) is 20.2 Å². The van der Waals surface area contributed by atoms with Crippen LogP contribution in [0.3, 0.4) is 0 Å².